The van der Waals surface area contributed by atoms with Crippen molar-refractivity contribution in [3.63, 3.8) is 0 Å². The molecule has 1 aliphatic rings. The van der Waals surface area contributed by atoms with Crippen LogP contribution in [0.25, 0.3) is 5.69 Å². The Morgan fingerprint density at radius 3 is 2.89 bits per heavy atom. The molecule has 0 radical (unpaired) electrons. The predicted octanol–water partition coefficient (Wildman–Crippen LogP) is 2.85. The fourth-order valence-corrected chi connectivity index (χ4v) is 3.26. The first-order chi connectivity index (χ1) is 13.3. The molecular formula is C21H31N5O. The van der Waals surface area contributed by atoms with Crippen LogP contribution < -0.4 is 10.6 Å². The average molecular weight is 370 g/mol. The van der Waals surface area contributed by atoms with E-state index in [-0.39, 0.29) is 6.10 Å². The maximum Gasteiger partial charge on any atom is 0.191 e. The summed E-state index contributed by atoms with van der Waals surface area (Å²) >= 11 is 0. The molecule has 0 spiro atoms. The number of guanidine groups is 1. The summed E-state index contributed by atoms with van der Waals surface area (Å²) in [5, 5.41) is 11.4. The summed E-state index contributed by atoms with van der Waals surface area (Å²) in [5.74, 6) is 0.879. The van der Waals surface area contributed by atoms with E-state index in [1.807, 2.05) is 22.9 Å². The lowest BCUT2D eigenvalue weighted by Crippen LogP contribution is -2.38. The van der Waals surface area contributed by atoms with Crippen LogP contribution in [0.3, 0.4) is 0 Å². The quantitative estimate of drug-likeness (QED) is 0.427. The van der Waals surface area contributed by atoms with E-state index in [1.54, 1.807) is 0 Å². The van der Waals surface area contributed by atoms with E-state index in [9.17, 15) is 0 Å². The van der Waals surface area contributed by atoms with Gasteiger partial charge in [0.2, 0.25) is 0 Å². The van der Waals surface area contributed by atoms with Gasteiger partial charge in [0.1, 0.15) is 0 Å². The van der Waals surface area contributed by atoms with Crippen LogP contribution in [0.5, 0.6) is 0 Å². The minimum atomic E-state index is 0.284. The van der Waals surface area contributed by atoms with E-state index < -0.39 is 0 Å². The van der Waals surface area contributed by atoms with E-state index in [1.165, 1.54) is 5.56 Å². The Morgan fingerprint density at radius 1 is 1.30 bits per heavy atom. The molecule has 1 aromatic heterocycles. The monoisotopic (exact) mass is 369 g/mol. The molecule has 0 amide bonds. The Balaban J connectivity index is 1.47. The van der Waals surface area contributed by atoms with Gasteiger partial charge in [-0.3, -0.25) is 4.99 Å². The van der Waals surface area contributed by atoms with E-state index in [4.69, 9.17) is 4.74 Å². The van der Waals surface area contributed by atoms with Crippen molar-refractivity contribution in [3.05, 3.63) is 47.8 Å². The third-order valence-corrected chi connectivity index (χ3v) is 4.76. The van der Waals surface area contributed by atoms with Gasteiger partial charge >= 0.3 is 0 Å². The van der Waals surface area contributed by atoms with Crippen molar-refractivity contribution in [3.8, 4) is 5.69 Å². The zero-order valence-corrected chi connectivity index (χ0v) is 16.4. The molecule has 1 atom stereocenters. The number of benzene rings is 1. The first kappa shape index (κ1) is 19.4. The normalized spacial score (nSPS) is 17.3. The van der Waals surface area contributed by atoms with Crippen LogP contribution in [-0.2, 0) is 11.2 Å². The van der Waals surface area contributed by atoms with Crippen LogP contribution in [0, 0.1) is 6.92 Å². The van der Waals surface area contributed by atoms with Gasteiger partial charge in [0.15, 0.2) is 5.96 Å². The van der Waals surface area contributed by atoms with Crippen molar-refractivity contribution in [1.29, 1.82) is 0 Å². The summed E-state index contributed by atoms with van der Waals surface area (Å²) in [7, 11) is 0. The highest BCUT2D eigenvalue weighted by molar-refractivity contribution is 5.79. The van der Waals surface area contributed by atoms with Crippen molar-refractivity contribution in [2.24, 2.45) is 4.99 Å². The number of hydrogen-bond donors (Lipinski definition) is 2. The van der Waals surface area contributed by atoms with Crippen LogP contribution in [0.15, 0.2) is 41.5 Å². The molecule has 3 rings (SSSR count). The van der Waals surface area contributed by atoms with Crippen LogP contribution >= 0.6 is 0 Å². The molecule has 27 heavy (non-hydrogen) atoms. The van der Waals surface area contributed by atoms with Gasteiger partial charge in [0.05, 0.1) is 24.0 Å². The number of aromatic nitrogens is 2. The van der Waals surface area contributed by atoms with Crippen LogP contribution in [0.2, 0.25) is 0 Å². The lowest BCUT2D eigenvalue weighted by atomic mass is 10.1. The molecule has 0 aliphatic carbocycles. The minimum absolute atomic E-state index is 0.284. The molecule has 1 unspecified atom stereocenters. The smallest absolute Gasteiger partial charge is 0.191 e. The third-order valence-electron chi connectivity index (χ3n) is 4.76. The molecule has 1 aliphatic heterocycles. The molecule has 2 aromatic rings. The fourth-order valence-electron chi connectivity index (χ4n) is 3.26. The first-order valence-corrected chi connectivity index (χ1v) is 10.0. The third kappa shape index (κ3) is 5.82. The Bertz CT molecular complexity index is 719. The van der Waals surface area contributed by atoms with E-state index >= 15 is 0 Å². The zero-order valence-electron chi connectivity index (χ0n) is 16.4. The van der Waals surface area contributed by atoms with Crippen LogP contribution in [0.4, 0.5) is 0 Å². The van der Waals surface area contributed by atoms with E-state index in [2.05, 4.69) is 52.9 Å². The van der Waals surface area contributed by atoms with E-state index in [0.717, 1.165) is 69.3 Å². The molecule has 2 N–H and O–H groups in total. The van der Waals surface area contributed by atoms with Gasteiger partial charge < -0.3 is 15.4 Å². The maximum absolute atomic E-state index is 5.65. The van der Waals surface area contributed by atoms with Crippen LogP contribution in [-0.4, -0.2) is 48.1 Å². The molecule has 1 fully saturated rings. The van der Waals surface area contributed by atoms with Gasteiger partial charge in [-0.15, -0.1) is 0 Å². The number of aryl methyl sites for hydroxylation is 2. The number of aliphatic imine (C=N–C) groups is 1. The van der Waals surface area contributed by atoms with Crippen molar-refractivity contribution in [2.75, 3.05) is 26.2 Å². The number of nitrogens with one attached hydrogen (secondary N) is 2. The highest BCUT2D eigenvalue weighted by Crippen LogP contribution is 2.13. The SMILES string of the molecule is CCNC(=NCC1CCCO1)NCCCc1cn(-c2ccccc2)nc1C. The Hall–Kier alpha value is -2.34. The highest BCUT2D eigenvalue weighted by atomic mass is 16.5. The molecule has 0 bridgehead atoms. The maximum atomic E-state index is 5.65. The molecule has 146 valence electrons. The van der Waals surface area contributed by atoms with Crippen molar-refractivity contribution in [1.82, 2.24) is 20.4 Å². The van der Waals surface area contributed by atoms with Gasteiger partial charge in [-0.25, -0.2) is 4.68 Å². The lowest BCUT2D eigenvalue weighted by molar-refractivity contribution is 0.117. The number of ether oxygens (including phenoxy) is 1. The molecule has 1 saturated heterocycles. The Morgan fingerprint density at radius 2 is 2.15 bits per heavy atom. The van der Waals surface area contributed by atoms with Crippen molar-refractivity contribution < 1.29 is 4.74 Å². The predicted molar refractivity (Wildman–Crippen MR) is 110 cm³/mol. The molecule has 6 heteroatoms. The lowest BCUT2D eigenvalue weighted by Gasteiger charge is -2.12. The number of rotatable bonds is 8. The first-order valence-electron chi connectivity index (χ1n) is 10.0. The zero-order chi connectivity index (χ0) is 18.9. The number of nitrogens with zero attached hydrogens (tertiary/aromatic N) is 3. The van der Waals surface area contributed by atoms with Gasteiger partial charge in [0.25, 0.3) is 0 Å². The van der Waals surface area contributed by atoms with Gasteiger partial charge in [0, 0.05) is 25.9 Å². The van der Waals surface area contributed by atoms with Crippen molar-refractivity contribution >= 4 is 5.96 Å². The Labute approximate surface area is 162 Å². The summed E-state index contributed by atoms with van der Waals surface area (Å²) in [4.78, 5) is 4.65. The van der Waals surface area contributed by atoms with Crippen LogP contribution in [0.1, 0.15) is 37.4 Å². The molecular weight excluding hydrogens is 338 g/mol. The minimum Gasteiger partial charge on any atom is -0.376 e. The second-order valence-corrected chi connectivity index (χ2v) is 6.90. The van der Waals surface area contributed by atoms with Gasteiger partial charge in [-0.2, -0.15) is 5.10 Å². The second kappa shape index (κ2) is 10.1. The van der Waals surface area contributed by atoms with E-state index in [0.29, 0.717) is 0 Å². The van der Waals surface area contributed by atoms with Gasteiger partial charge in [-0.1, -0.05) is 18.2 Å². The number of hydrogen-bond acceptors (Lipinski definition) is 3. The Kier molecular flexibility index (Phi) is 7.27. The molecule has 1 aromatic carbocycles. The molecule has 2 heterocycles. The fraction of sp³-hybridized carbons (Fsp3) is 0.524. The summed E-state index contributed by atoms with van der Waals surface area (Å²) < 4.78 is 7.61. The summed E-state index contributed by atoms with van der Waals surface area (Å²) in [6.07, 6.45) is 6.73. The van der Waals surface area contributed by atoms with Gasteiger partial charge in [-0.05, 0) is 57.2 Å². The summed E-state index contributed by atoms with van der Waals surface area (Å²) in [5.41, 5.74) is 3.49. The standard InChI is InChI=1S/C21H31N5O/c1-3-22-21(24-15-20-12-8-14-27-20)23-13-7-9-18-16-26(25-17(18)2)19-10-5-4-6-11-19/h4-6,10-11,16,20H,3,7-9,12-15H2,1-2H3,(H2,22,23,24). The largest absolute Gasteiger partial charge is 0.376 e. The summed E-state index contributed by atoms with van der Waals surface area (Å²) in [6, 6.07) is 10.2. The molecule has 6 nitrogen and oxygen atoms in total. The number of para-hydroxylation sites is 1. The highest BCUT2D eigenvalue weighted by Gasteiger charge is 2.14. The average Bonchev–Trinajstić information content (AvgIpc) is 3.34. The second-order valence-electron chi connectivity index (χ2n) is 6.90. The topological polar surface area (TPSA) is 63.5 Å². The molecule has 0 saturated carbocycles. The van der Waals surface area contributed by atoms with Crippen molar-refractivity contribution in [2.45, 2.75) is 45.6 Å². The summed E-state index contributed by atoms with van der Waals surface area (Å²) in [6.45, 7) is 7.52.